The van der Waals surface area contributed by atoms with Gasteiger partial charge < -0.3 is 5.73 Å². The highest BCUT2D eigenvalue weighted by Gasteiger charge is 2.30. The molecule has 1 unspecified atom stereocenters. The third-order valence-electron chi connectivity index (χ3n) is 2.48. The molecule has 1 aliphatic carbocycles. The third-order valence-corrected chi connectivity index (χ3v) is 2.48. The maximum absolute atomic E-state index is 13.2. The minimum atomic E-state index is -0.582. The summed E-state index contributed by atoms with van der Waals surface area (Å²) in [7, 11) is 0. The average Bonchev–Trinajstić information content (AvgIpc) is 3.00. The van der Waals surface area contributed by atoms with E-state index in [1.807, 2.05) is 0 Å². The molecule has 0 bridgehead atoms. The van der Waals surface area contributed by atoms with Crippen LogP contribution < -0.4 is 5.73 Å². The predicted molar refractivity (Wildman–Crippen MR) is 48.6 cm³/mol. The van der Waals surface area contributed by atoms with E-state index in [2.05, 4.69) is 4.98 Å². The fourth-order valence-corrected chi connectivity index (χ4v) is 1.44. The minimum Gasteiger partial charge on any atom is -0.324 e. The Balaban J connectivity index is 2.28. The molecule has 3 nitrogen and oxygen atoms in total. The number of pyridine rings is 1. The van der Waals surface area contributed by atoms with Gasteiger partial charge in [-0.2, -0.15) is 5.26 Å². The van der Waals surface area contributed by atoms with Crippen LogP contribution in [0.3, 0.4) is 0 Å². The molecule has 0 spiro atoms. The Bertz CT molecular complexity index is 393. The maximum atomic E-state index is 13.2. The van der Waals surface area contributed by atoms with Gasteiger partial charge in [0, 0.05) is 12.2 Å². The summed E-state index contributed by atoms with van der Waals surface area (Å²) in [5.41, 5.74) is 6.39. The van der Waals surface area contributed by atoms with Crippen molar-refractivity contribution < 1.29 is 4.39 Å². The average molecular weight is 191 g/mol. The Morgan fingerprint density at radius 3 is 2.86 bits per heavy atom. The van der Waals surface area contributed by atoms with Crippen molar-refractivity contribution >= 4 is 0 Å². The molecule has 1 heterocycles. The number of hydrogen-bond donors (Lipinski definition) is 1. The van der Waals surface area contributed by atoms with Crippen LogP contribution in [0.15, 0.2) is 12.3 Å². The second-order valence-electron chi connectivity index (χ2n) is 3.57. The number of aromatic nitrogens is 1. The molecule has 4 heteroatoms. The predicted octanol–water partition coefficient (Wildman–Crippen LogP) is 1.50. The number of nitriles is 1. The van der Waals surface area contributed by atoms with Gasteiger partial charge in [-0.1, -0.05) is 0 Å². The summed E-state index contributed by atoms with van der Waals surface area (Å²) in [5.74, 6) is -0.120. The van der Waals surface area contributed by atoms with Gasteiger partial charge in [0.1, 0.15) is 6.07 Å². The number of nitrogens with two attached hydrogens (primary N) is 1. The van der Waals surface area contributed by atoms with E-state index in [-0.39, 0.29) is 11.7 Å². The lowest BCUT2D eigenvalue weighted by atomic mass is 10.1. The van der Waals surface area contributed by atoms with E-state index < -0.39 is 5.82 Å². The Kier molecular flexibility index (Phi) is 2.18. The van der Waals surface area contributed by atoms with Crippen molar-refractivity contribution in [3.8, 4) is 6.07 Å². The summed E-state index contributed by atoms with van der Waals surface area (Å²) in [6.07, 6.45) is 3.69. The second-order valence-corrected chi connectivity index (χ2v) is 3.57. The van der Waals surface area contributed by atoms with Crippen LogP contribution in [0.5, 0.6) is 0 Å². The molecule has 0 saturated heterocycles. The molecule has 1 saturated carbocycles. The van der Waals surface area contributed by atoms with Crippen LogP contribution in [0.2, 0.25) is 0 Å². The van der Waals surface area contributed by atoms with Gasteiger partial charge in [-0.3, -0.25) is 0 Å². The lowest BCUT2D eigenvalue weighted by Crippen LogP contribution is -2.13. The molecule has 1 aromatic rings. The lowest BCUT2D eigenvalue weighted by molar-refractivity contribution is 0.591. The van der Waals surface area contributed by atoms with Crippen LogP contribution in [0.4, 0.5) is 4.39 Å². The second kappa shape index (κ2) is 3.35. The molecule has 14 heavy (non-hydrogen) atoms. The molecule has 0 radical (unpaired) electrons. The maximum Gasteiger partial charge on any atom is 0.176 e. The van der Waals surface area contributed by atoms with E-state index in [0.717, 1.165) is 12.8 Å². The highest BCUT2D eigenvalue weighted by atomic mass is 19.1. The van der Waals surface area contributed by atoms with E-state index in [4.69, 9.17) is 11.0 Å². The van der Waals surface area contributed by atoms with Gasteiger partial charge in [0.05, 0.1) is 0 Å². The molecule has 2 N–H and O–H groups in total. The molecule has 1 atom stereocenters. The first kappa shape index (κ1) is 9.10. The lowest BCUT2D eigenvalue weighted by Gasteiger charge is -2.09. The van der Waals surface area contributed by atoms with Crippen LogP contribution in [-0.4, -0.2) is 4.98 Å². The minimum absolute atomic E-state index is 0.134. The van der Waals surface area contributed by atoms with Crippen molar-refractivity contribution in [2.45, 2.75) is 18.9 Å². The molecule has 0 aliphatic heterocycles. The quantitative estimate of drug-likeness (QED) is 0.770. The fraction of sp³-hybridized carbons (Fsp3) is 0.400. The zero-order valence-corrected chi connectivity index (χ0v) is 7.57. The third kappa shape index (κ3) is 1.59. The van der Waals surface area contributed by atoms with Gasteiger partial charge in [-0.25, -0.2) is 9.37 Å². The van der Waals surface area contributed by atoms with Crippen LogP contribution in [0.25, 0.3) is 0 Å². The summed E-state index contributed by atoms with van der Waals surface area (Å²) in [6, 6.07) is 2.86. The fourth-order valence-electron chi connectivity index (χ4n) is 1.44. The molecule has 1 aromatic heterocycles. The van der Waals surface area contributed by atoms with Gasteiger partial charge in [0.2, 0.25) is 0 Å². The van der Waals surface area contributed by atoms with Crippen molar-refractivity contribution in [3.05, 3.63) is 29.3 Å². The first-order valence-electron chi connectivity index (χ1n) is 4.53. The SMILES string of the molecule is N#Cc1ncc(C(N)C2CC2)cc1F. The van der Waals surface area contributed by atoms with Crippen molar-refractivity contribution in [2.75, 3.05) is 0 Å². The largest absolute Gasteiger partial charge is 0.324 e. The topological polar surface area (TPSA) is 62.7 Å². The Morgan fingerprint density at radius 1 is 1.64 bits per heavy atom. The number of nitrogens with zero attached hydrogens (tertiary/aromatic N) is 2. The molecule has 72 valence electrons. The molecule has 0 amide bonds. The van der Waals surface area contributed by atoms with Gasteiger partial charge in [0.25, 0.3) is 0 Å². The number of rotatable bonds is 2. The van der Waals surface area contributed by atoms with Crippen LogP contribution in [0.1, 0.15) is 30.1 Å². The van der Waals surface area contributed by atoms with E-state index in [1.54, 1.807) is 6.07 Å². The molecular formula is C10H10FN3. The van der Waals surface area contributed by atoms with Gasteiger partial charge in [0.15, 0.2) is 11.5 Å². The van der Waals surface area contributed by atoms with Crippen molar-refractivity contribution in [3.63, 3.8) is 0 Å². The van der Waals surface area contributed by atoms with Crippen LogP contribution in [0, 0.1) is 23.1 Å². The van der Waals surface area contributed by atoms with Gasteiger partial charge in [-0.05, 0) is 30.4 Å². The highest BCUT2D eigenvalue weighted by molar-refractivity contribution is 5.27. The van der Waals surface area contributed by atoms with E-state index in [0.29, 0.717) is 11.5 Å². The van der Waals surface area contributed by atoms with E-state index >= 15 is 0 Å². The first-order chi connectivity index (χ1) is 6.72. The van der Waals surface area contributed by atoms with Crippen molar-refractivity contribution in [2.24, 2.45) is 11.7 Å². The molecular weight excluding hydrogens is 181 g/mol. The standard InChI is InChI=1S/C10H10FN3/c11-8-3-7(5-14-9(8)4-12)10(13)6-1-2-6/h3,5-6,10H,1-2,13H2. The van der Waals surface area contributed by atoms with Crippen molar-refractivity contribution in [1.82, 2.24) is 4.98 Å². The van der Waals surface area contributed by atoms with Gasteiger partial charge in [-0.15, -0.1) is 0 Å². The summed E-state index contributed by atoms with van der Waals surface area (Å²) in [4.78, 5) is 3.71. The summed E-state index contributed by atoms with van der Waals surface area (Å²) < 4.78 is 13.2. The molecule has 2 rings (SSSR count). The van der Waals surface area contributed by atoms with Crippen LogP contribution >= 0.6 is 0 Å². The molecule has 1 fully saturated rings. The smallest absolute Gasteiger partial charge is 0.176 e. The molecule has 1 aliphatic rings. The summed E-state index contributed by atoms with van der Waals surface area (Å²) in [6.45, 7) is 0. The zero-order valence-electron chi connectivity index (χ0n) is 7.57. The number of hydrogen-bond acceptors (Lipinski definition) is 3. The summed E-state index contributed by atoms with van der Waals surface area (Å²) in [5, 5.41) is 8.49. The Morgan fingerprint density at radius 2 is 2.36 bits per heavy atom. The van der Waals surface area contributed by atoms with E-state index in [1.165, 1.54) is 12.3 Å². The van der Waals surface area contributed by atoms with E-state index in [9.17, 15) is 4.39 Å². The Labute approximate surface area is 81.4 Å². The number of halogens is 1. The first-order valence-corrected chi connectivity index (χ1v) is 4.53. The zero-order chi connectivity index (χ0) is 10.1. The Hall–Kier alpha value is -1.47. The van der Waals surface area contributed by atoms with Crippen LogP contribution in [-0.2, 0) is 0 Å². The van der Waals surface area contributed by atoms with Crippen molar-refractivity contribution in [1.29, 1.82) is 5.26 Å². The van der Waals surface area contributed by atoms with Gasteiger partial charge >= 0.3 is 0 Å². The monoisotopic (exact) mass is 191 g/mol. The summed E-state index contributed by atoms with van der Waals surface area (Å²) >= 11 is 0. The normalized spacial score (nSPS) is 17.5. The highest BCUT2D eigenvalue weighted by Crippen LogP contribution is 2.39. The molecule has 0 aromatic carbocycles.